The molecule has 0 aliphatic heterocycles. The highest BCUT2D eigenvalue weighted by molar-refractivity contribution is 6.04. The van der Waals surface area contributed by atoms with Crippen molar-refractivity contribution in [3.8, 4) is 5.75 Å². The lowest BCUT2D eigenvalue weighted by atomic mass is 10.1. The number of halogens is 2. The Morgan fingerprint density at radius 2 is 1.86 bits per heavy atom. The predicted molar refractivity (Wildman–Crippen MR) is 81.1 cm³/mol. The lowest BCUT2D eigenvalue weighted by Crippen LogP contribution is -1.97. The molecule has 0 atom stereocenters. The Labute approximate surface area is 127 Å². The van der Waals surface area contributed by atoms with Gasteiger partial charge in [-0.3, -0.25) is 4.79 Å². The average molecular weight is 303 g/mol. The smallest absolute Gasteiger partial charge is 0.187 e. The lowest BCUT2D eigenvalue weighted by molar-refractivity contribution is 0.104. The van der Waals surface area contributed by atoms with Crippen molar-refractivity contribution in [2.24, 2.45) is 0 Å². The predicted octanol–water partition coefficient (Wildman–Crippen LogP) is 4.17. The molecule has 0 heterocycles. The Balaban J connectivity index is 1.97. The minimum Gasteiger partial charge on any atom is -0.494 e. The number of anilines is 1. The molecule has 0 amide bonds. The van der Waals surface area contributed by atoms with Gasteiger partial charge in [-0.05, 0) is 43.3 Å². The van der Waals surface area contributed by atoms with Crippen LogP contribution in [0.15, 0.2) is 54.7 Å². The van der Waals surface area contributed by atoms with Gasteiger partial charge in [0.25, 0.3) is 0 Å². The van der Waals surface area contributed by atoms with Gasteiger partial charge in [0.2, 0.25) is 0 Å². The van der Waals surface area contributed by atoms with Crippen molar-refractivity contribution in [1.82, 2.24) is 0 Å². The number of nitrogens with one attached hydrogen (secondary N) is 1. The molecule has 1 N–H and O–H groups in total. The van der Waals surface area contributed by atoms with Crippen LogP contribution < -0.4 is 10.1 Å². The molecule has 0 bridgehead atoms. The topological polar surface area (TPSA) is 38.3 Å². The van der Waals surface area contributed by atoms with E-state index < -0.39 is 11.6 Å². The summed E-state index contributed by atoms with van der Waals surface area (Å²) in [5, 5.41) is 2.71. The molecule has 0 saturated carbocycles. The second-order valence-electron chi connectivity index (χ2n) is 4.43. The average Bonchev–Trinajstić information content (AvgIpc) is 2.52. The highest BCUT2D eigenvalue weighted by atomic mass is 19.2. The standard InChI is InChI=1S/C17H15F2NO2/c1-2-22-14-6-3-12(4-7-14)17(21)9-10-20-13-5-8-15(18)16(19)11-13/h3-11,20H,2H2,1H3/b10-9+. The van der Waals surface area contributed by atoms with Gasteiger partial charge in [0.15, 0.2) is 17.4 Å². The van der Waals surface area contributed by atoms with Crippen LogP contribution in [0.3, 0.4) is 0 Å². The SMILES string of the molecule is CCOc1ccc(C(=O)/C=C/Nc2ccc(F)c(F)c2)cc1. The zero-order valence-electron chi connectivity index (χ0n) is 12.0. The largest absolute Gasteiger partial charge is 0.494 e. The van der Waals surface area contributed by atoms with Gasteiger partial charge >= 0.3 is 0 Å². The number of allylic oxidation sites excluding steroid dienone is 1. The van der Waals surface area contributed by atoms with E-state index in [1.54, 1.807) is 24.3 Å². The Morgan fingerprint density at radius 3 is 2.50 bits per heavy atom. The fraction of sp³-hybridized carbons (Fsp3) is 0.118. The van der Waals surface area contributed by atoms with Crippen LogP contribution in [0.25, 0.3) is 0 Å². The Morgan fingerprint density at radius 1 is 1.14 bits per heavy atom. The van der Waals surface area contributed by atoms with Gasteiger partial charge in [-0.1, -0.05) is 0 Å². The van der Waals surface area contributed by atoms with E-state index in [0.29, 0.717) is 23.6 Å². The normalized spacial score (nSPS) is 10.7. The summed E-state index contributed by atoms with van der Waals surface area (Å²) in [6, 6.07) is 10.2. The Kier molecular flexibility index (Phi) is 5.25. The second kappa shape index (κ2) is 7.36. The van der Waals surface area contributed by atoms with Crippen molar-refractivity contribution in [1.29, 1.82) is 0 Å². The summed E-state index contributed by atoms with van der Waals surface area (Å²) in [6.07, 6.45) is 2.70. The molecule has 0 radical (unpaired) electrons. The minimum atomic E-state index is -0.948. The van der Waals surface area contributed by atoms with E-state index in [9.17, 15) is 13.6 Å². The fourth-order valence-electron chi connectivity index (χ4n) is 1.78. The monoisotopic (exact) mass is 303 g/mol. The molecule has 0 aliphatic carbocycles. The summed E-state index contributed by atoms with van der Waals surface area (Å²) in [6.45, 7) is 2.44. The van der Waals surface area contributed by atoms with Crippen molar-refractivity contribution in [3.63, 3.8) is 0 Å². The molecule has 2 rings (SSSR count). The van der Waals surface area contributed by atoms with Crippen molar-refractivity contribution < 1.29 is 18.3 Å². The van der Waals surface area contributed by atoms with E-state index in [2.05, 4.69) is 5.32 Å². The number of rotatable bonds is 6. The highest BCUT2D eigenvalue weighted by Crippen LogP contribution is 2.14. The van der Waals surface area contributed by atoms with Gasteiger partial charge in [-0.25, -0.2) is 8.78 Å². The summed E-state index contributed by atoms with van der Waals surface area (Å²) < 4.78 is 31.1. The number of hydrogen-bond acceptors (Lipinski definition) is 3. The molecule has 0 fully saturated rings. The second-order valence-corrected chi connectivity index (χ2v) is 4.43. The highest BCUT2D eigenvalue weighted by Gasteiger charge is 2.03. The zero-order chi connectivity index (χ0) is 15.9. The summed E-state index contributed by atoms with van der Waals surface area (Å²) in [4.78, 5) is 11.9. The van der Waals surface area contributed by atoms with Crippen LogP contribution in [0.4, 0.5) is 14.5 Å². The molecule has 114 valence electrons. The van der Waals surface area contributed by atoms with E-state index in [1.165, 1.54) is 18.3 Å². The van der Waals surface area contributed by atoms with Gasteiger partial charge in [0.05, 0.1) is 6.61 Å². The lowest BCUT2D eigenvalue weighted by Gasteiger charge is -2.03. The minimum absolute atomic E-state index is 0.210. The van der Waals surface area contributed by atoms with Gasteiger partial charge in [-0.2, -0.15) is 0 Å². The van der Waals surface area contributed by atoms with E-state index in [1.807, 2.05) is 6.92 Å². The number of ketones is 1. The van der Waals surface area contributed by atoms with Crippen LogP contribution >= 0.6 is 0 Å². The number of ether oxygens (including phenoxy) is 1. The van der Waals surface area contributed by atoms with Crippen LogP contribution in [0.5, 0.6) is 5.75 Å². The molecule has 2 aromatic rings. The van der Waals surface area contributed by atoms with Gasteiger partial charge in [-0.15, -0.1) is 0 Å². The first-order valence-corrected chi connectivity index (χ1v) is 6.75. The molecule has 3 nitrogen and oxygen atoms in total. The molecular weight excluding hydrogens is 288 g/mol. The van der Waals surface area contributed by atoms with Crippen molar-refractivity contribution in [3.05, 3.63) is 71.9 Å². The number of carbonyl (C=O) groups is 1. The van der Waals surface area contributed by atoms with Crippen LogP contribution in [-0.4, -0.2) is 12.4 Å². The van der Waals surface area contributed by atoms with Gasteiger partial charge in [0.1, 0.15) is 5.75 Å². The third-order valence-corrected chi connectivity index (χ3v) is 2.85. The molecule has 0 aliphatic rings. The fourth-order valence-corrected chi connectivity index (χ4v) is 1.78. The molecule has 5 heteroatoms. The maximum Gasteiger partial charge on any atom is 0.187 e. The van der Waals surface area contributed by atoms with Gasteiger partial charge < -0.3 is 10.1 Å². The van der Waals surface area contributed by atoms with E-state index in [-0.39, 0.29) is 5.78 Å². The third kappa shape index (κ3) is 4.15. The summed E-state index contributed by atoms with van der Waals surface area (Å²) in [5.41, 5.74) is 0.862. The first-order chi connectivity index (χ1) is 10.6. The maximum atomic E-state index is 13.0. The van der Waals surface area contributed by atoms with Crippen molar-refractivity contribution in [2.45, 2.75) is 6.92 Å². The van der Waals surface area contributed by atoms with Gasteiger partial charge in [0, 0.05) is 29.6 Å². The first kappa shape index (κ1) is 15.7. The Bertz CT molecular complexity index is 682. The third-order valence-electron chi connectivity index (χ3n) is 2.85. The molecule has 2 aromatic carbocycles. The molecule has 0 spiro atoms. The van der Waals surface area contributed by atoms with Crippen LogP contribution in [0.2, 0.25) is 0 Å². The van der Waals surface area contributed by atoms with E-state index in [0.717, 1.165) is 12.1 Å². The Hall–Kier alpha value is -2.69. The summed E-state index contributed by atoms with van der Waals surface area (Å²) >= 11 is 0. The molecule has 0 saturated heterocycles. The van der Waals surface area contributed by atoms with Crippen molar-refractivity contribution in [2.75, 3.05) is 11.9 Å². The number of hydrogen-bond donors (Lipinski definition) is 1. The zero-order valence-corrected chi connectivity index (χ0v) is 12.0. The molecule has 0 aromatic heterocycles. The molecule has 0 unspecified atom stereocenters. The first-order valence-electron chi connectivity index (χ1n) is 6.75. The summed E-state index contributed by atoms with van der Waals surface area (Å²) in [5.74, 6) is -1.38. The quantitative estimate of drug-likeness (QED) is 0.643. The van der Waals surface area contributed by atoms with Crippen LogP contribution in [-0.2, 0) is 0 Å². The van der Waals surface area contributed by atoms with E-state index in [4.69, 9.17) is 4.74 Å². The maximum absolute atomic E-state index is 13.0. The molecular formula is C17H15F2NO2. The van der Waals surface area contributed by atoms with Crippen LogP contribution in [0, 0.1) is 11.6 Å². The molecule has 22 heavy (non-hydrogen) atoms. The van der Waals surface area contributed by atoms with Crippen LogP contribution in [0.1, 0.15) is 17.3 Å². The number of carbonyl (C=O) groups excluding carboxylic acids is 1. The number of benzene rings is 2. The van der Waals surface area contributed by atoms with Crippen molar-refractivity contribution >= 4 is 11.5 Å². The van der Waals surface area contributed by atoms with E-state index >= 15 is 0 Å². The summed E-state index contributed by atoms with van der Waals surface area (Å²) in [7, 11) is 0.